The molecular weight excluding hydrogens is 368 g/mol. The molecule has 1 atom stereocenters. The van der Waals surface area contributed by atoms with E-state index in [9.17, 15) is 20.0 Å². The largest absolute Gasteiger partial charge is 0.388 e. The van der Waals surface area contributed by atoms with Gasteiger partial charge in [0.1, 0.15) is 0 Å². The maximum atomic E-state index is 12.3. The van der Waals surface area contributed by atoms with Crippen molar-refractivity contribution in [2.24, 2.45) is 0 Å². The average Bonchev–Trinajstić information content (AvgIpc) is 2.67. The highest BCUT2D eigenvalue weighted by Gasteiger charge is 2.16. The zero-order chi connectivity index (χ0) is 19.4. The van der Waals surface area contributed by atoms with Gasteiger partial charge < -0.3 is 10.4 Å². The van der Waals surface area contributed by atoms with Gasteiger partial charge in [0.15, 0.2) is 0 Å². The molecule has 0 bridgehead atoms. The van der Waals surface area contributed by atoms with E-state index in [0.717, 1.165) is 22.4 Å². The van der Waals surface area contributed by atoms with Gasteiger partial charge in [-0.3, -0.25) is 14.9 Å². The first kappa shape index (κ1) is 18.8. The summed E-state index contributed by atoms with van der Waals surface area (Å²) in [6.45, 7) is 0.197. The molecule has 0 aliphatic heterocycles. The Bertz CT molecular complexity index is 1000. The highest BCUT2D eigenvalue weighted by Crippen LogP contribution is 2.26. The van der Waals surface area contributed by atoms with Gasteiger partial charge in [-0.1, -0.05) is 54.1 Å². The molecule has 0 aliphatic carbocycles. The number of nitro groups is 1. The number of carbonyl (C=O) groups excluding carboxylic acids is 1. The van der Waals surface area contributed by atoms with E-state index in [-0.39, 0.29) is 22.8 Å². The number of nitrogens with zero attached hydrogens (tertiary/aromatic N) is 1. The summed E-state index contributed by atoms with van der Waals surface area (Å²) in [7, 11) is 0. The Kier molecular flexibility index (Phi) is 5.69. The zero-order valence-corrected chi connectivity index (χ0v) is 15.0. The zero-order valence-electron chi connectivity index (χ0n) is 14.3. The minimum absolute atomic E-state index is 0.0329. The fourth-order valence-corrected chi connectivity index (χ4v) is 3.12. The summed E-state index contributed by atoms with van der Waals surface area (Å²) in [5.41, 5.74) is 0.613. The molecule has 0 aliphatic rings. The lowest BCUT2D eigenvalue weighted by Gasteiger charge is -2.14. The van der Waals surface area contributed by atoms with Crippen molar-refractivity contribution in [1.29, 1.82) is 0 Å². The Morgan fingerprint density at radius 3 is 2.67 bits per heavy atom. The molecule has 3 aromatic rings. The first-order valence-corrected chi connectivity index (χ1v) is 8.73. The van der Waals surface area contributed by atoms with Crippen LogP contribution in [-0.2, 0) is 0 Å². The van der Waals surface area contributed by atoms with Gasteiger partial charge in [-0.15, -0.1) is 0 Å². The normalized spacial score (nSPS) is 11.9. The molecule has 0 fully saturated rings. The van der Waals surface area contributed by atoms with Crippen LogP contribution >= 0.6 is 11.6 Å². The molecule has 0 spiro atoms. The van der Waals surface area contributed by atoms with E-state index in [1.165, 1.54) is 12.1 Å². The Morgan fingerprint density at radius 1 is 1.15 bits per heavy atom. The highest BCUT2D eigenvalue weighted by molar-refractivity contribution is 6.33. The quantitative estimate of drug-likeness (QED) is 0.490. The van der Waals surface area contributed by atoms with Crippen LogP contribution in [0.3, 0.4) is 0 Å². The number of amides is 1. The second kappa shape index (κ2) is 8.16. The monoisotopic (exact) mass is 384 g/mol. The topological polar surface area (TPSA) is 92.5 Å². The highest BCUT2D eigenvalue weighted by atomic mass is 35.5. The smallest absolute Gasteiger partial charge is 0.270 e. The van der Waals surface area contributed by atoms with Crippen LogP contribution in [0.15, 0.2) is 60.7 Å². The predicted octanol–water partition coefficient (Wildman–Crippen LogP) is 4.25. The third-order valence-corrected chi connectivity index (χ3v) is 4.62. The van der Waals surface area contributed by atoms with Crippen molar-refractivity contribution in [1.82, 2.24) is 5.32 Å². The number of rotatable bonds is 6. The summed E-state index contributed by atoms with van der Waals surface area (Å²) in [4.78, 5) is 22.5. The SMILES string of the molecule is O=C(NCCC(O)c1cccc2ccccc12)c1cc([N+](=O)[O-])ccc1Cl. The maximum Gasteiger partial charge on any atom is 0.270 e. The lowest BCUT2D eigenvalue weighted by Crippen LogP contribution is -2.26. The molecule has 0 heterocycles. The third kappa shape index (κ3) is 4.24. The molecule has 0 saturated carbocycles. The van der Waals surface area contributed by atoms with Gasteiger partial charge in [0, 0.05) is 18.7 Å². The van der Waals surface area contributed by atoms with Crippen LogP contribution in [0.4, 0.5) is 5.69 Å². The average molecular weight is 385 g/mol. The number of benzene rings is 3. The molecule has 3 rings (SSSR count). The van der Waals surface area contributed by atoms with Crippen molar-refractivity contribution in [2.45, 2.75) is 12.5 Å². The van der Waals surface area contributed by atoms with Crippen molar-refractivity contribution in [2.75, 3.05) is 6.54 Å². The van der Waals surface area contributed by atoms with Crippen molar-refractivity contribution in [3.63, 3.8) is 0 Å². The first-order valence-electron chi connectivity index (χ1n) is 8.35. The lowest BCUT2D eigenvalue weighted by atomic mass is 9.99. The van der Waals surface area contributed by atoms with E-state index in [1.54, 1.807) is 0 Å². The van der Waals surface area contributed by atoms with E-state index >= 15 is 0 Å². The molecule has 2 N–H and O–H groups in total. The van der Waals surface area contributed by atoms with Crippen LogP contribution in [0.25, 0.3) is 10.8 Å². The van der Waals surface area contributed by atoms with Crippen LogP contribution in [-0.4, -0.2) is 22.5 Å². The summed E-state index contributed by atoms with van der Waals surface area (Å²) >= 11 is 5.97. The summed E-state index contributed by atoms with van der Waals surface area (Å²) in [6.07, 6.45) is -0.455. The minimum Gasteiger partial charge on any atom is -0.388 e. The predicted molar refractivity (Wildman–Crippen MR) is 104 cm³/mol. The lowest BCUT2D eigenvalue weighted by molar-refractivity contribution is -0.384. The second-order valence-electron chi connectivity index (χ2n) is 6.05. The van der Waals surface area contributed by atoms with Gasteiger partial charge in [0.25, 0.3) is 11.6 Å². The van der Waals surface area contributed by atoms with Gasteiger partial charge in [0.05, 0.1) is 21.6 Å². The molecule has 1 unspecified atom stereocenters. The molecule has 0 radical (unpaired) electrons. The molecule has 1 amide bonds. The van der Waals surface area contributed by atoms with Crippen LogP contribution in [0.5, 0.6) is 0 Å². The second-order valence-corrected chi connectivity index (χ2v) is 6.46. The van der Waals surface area contributed by atoms with Crippen molar-refractivity contribution < 1.29 is 14.8 Å². The standard InChI is InChI=1S/C20H17ClN2O4/c21-18-9-8-14(23(26)27)12-17(18)20(25)22-11-10-19(24)16-7-3-5-13-4-1-2-6-15(13)16/h1-9,12,19,24H,10-11H2,(H,22,25). The number of halogens is 1. The molecule has 27 heavy (non-hydrogen) atoms. The van der Waals surface area contributed by atoms with E-state index in [1.807, 2.05) is 42.5 Å². The number of non-ortho nitro benzene ring substituents is 1. The number of hydrogen-bond acceptors (Lipinski definition) is 4. The van der Waals surface area contributed by atoms with E-state index in [2.05, 4.69) is 5.32 Å². The number of aliphatic hydroxyl groups is 1. The molecular formula is C20H17ClN2O4. The summed E-state index contributed by atoms with van der Waals surface area (Å²) in [5, 5.41) is 26.1. The molecule has 7 heteroatoms. The molecule has 138 valence electrons. The minimum atomic E-state index is -0.753. The van der Waals surface area contributed by atoms with Gasteiger partial charge in [0.2, 0.25) is 0 Å². The Labute approximate surface area is 160 Å². The summed E-state index contributed by atoms with van der Waals surface area (Å²) < 4.78 is 0. The Morgan fingerprint density at radius 2 is 1.89 bits per heavy atom. The number of hydrogen-bond donors (Lipinski definition) is 2. The van der Waals surface area contributed by atoms with Crippen molar-refractivity contribution in [3.05, 3.63) is 86.9 Å². The van der Waals surface area contributed by atoms with Gasteiger partial charge in [-0.2, -0.15) is 0 Å². The van der Waals surface area contributed by atoms with Gasteiger partial charge in [-0.05, 0) is 28.8 Å². The maximum absolute atomic E-state index is 12.3. The third-order valence-electron chi connectivity index (χ3n) is 4.29. The molecule has 3 aromatic carbocycles. The van der Waals surface area contributed by atoms with Crippen LogP contribution in [0.2, 0.25) is 5.02 Å². The summed E-state index contributed by atoms with van der Waals surface area (Å²) in [5.74, 6) is -0.520. The Hall–Kier alpha value is -2.96. The molecule has 6 nitrogen and oxygen atoms in total. The van der Waals surface area contributed by atoms with Crippen LogP contribution in [0, 0.1) is 10.1 Å². The fourth-order valence-electron chi connectivity index (χ4n) is 2.92. The number of aliphatic hydroxyl groups excluding tert-OH is 1. The summed E-state index contributed by atoms with van der Waals surface area (Å²) in [6, 6.07) is 17.1. The number of fused-ring (bicyclic) bond motifs is 1. The van der Waals surface area contributed by atoms with E-state index in [0.29, 0.717) is 6.42 Å². The fraction of sp³-hybridized carbons (Fsp3) is 0.150. The molecule has 0 aromatic heterocycles. The van der Waals surface area contributed by atoms with Crippen molar-refractivity contribution in [3.8, 4) is 0 Å². The van der Waals surface area contributed by atoms with E-state index < -0.39 is 16.9 Å². The van der Waals surface area contributed by atoms with Crippen LogP contribution in [0.1, 0.15) is 28.4 Å². The van der Waals surface area contributed by atoms with E-state index in [4.69, 9.17) is 11.6 Å². The molecule has 0 saturated heterocycles. The number of nitro benzene ring substituents is 1. The van der Waals surface area contributed by atoms with Gasteiger partial charge in [-0.25, -0.2) is 0 Å². The number of nitrogens with one attached hydrogen (secondary N) is 1. The number of carbonyl (C=O) groups is 1. The Balaban J connectivity index is 1.66. The van der Waals surface area contributed by atoms with Crippen LogP contribution < -0.4 is 5.32 Å². The first-order chi connectivity index (χ1) is 13.0. The van der Waals surface area contributed by atoms with Crippen molar-refractivity contribution >= 4 is 34.0 Å². The van der Waals surface area contributed by atoms with Gasteiger partial charge >= 0.3 is 0 Å².